The van der Waals surface area contributed by atoms with Crippen molar-refractivity contribution in [3.05, 3.63) is 41.2 Å². The Hall–Kier alpha value is -2.91. The molecule has 2 aromatic rings. The molecule has 2 N–H and O–H groups in total. The minimum absolute atomic E-state index is 0.0761. The first-order chi connectivity index (χ1) is 19.8. The number of nitrogens with zero attached hydrogens (tertiary/aromatic N) is 4. The molecule has 1 aromatic heterocycles. The largest absolute Gasteiger partial charge is 0.497 e. The molecular weight excluding hydrogens is 518 g/mol. The van der Waals surface area contributed by atoms with E-state index in [0.717, 1.165) is 67.9 Å². The summed E-state index contributed by atoms with van der Waals surface area (Å²) in [5.74, 6) is 0.697. The van der Waals surface area contributed by atoms with Crippen LogP contribution in [0.25, 0.3) is 5.69 Å². The number of hydrogen-bond acceptors (Lipinski definition) is 6. The molecule has 2 amide bonds. The number of aryl methyl sites for hydroxylation is 1. The van der Waals surface area contributed by atoms with Gasteiger partial charge in [0.1, 0.15) is 17.3 Å². The van der Waals surface area contributed by atoms with Gasteiger partial charge in [-0.05, 0) is 76.1 Å². The van der Waals surface area contributed by atoms with Crippen LogP contribution in [0.2, 0.25) is 0 Å². The smallest absolute Gasteiger partial charge is 0.248 e. The fourth-order valence-corrected chi connectivity index (χ4v) is 7.14. The normalized spacial score (nSPS) is 22.7. The molecule has 2 atom stereocenters. The van der Waals surface area contributed by atoms with Crippen LogP contribution in [0.5, 0.6) is 5.75 Å². The first kappa shape index (κ1) is 29.6. The molecule has 1 spiro atoms. The van der Waals surface area contributed by atoms with Crippen molar-refractivity contribution in [3.8, 4) is 11.4 Å². The van der Waals surface area contributed by atoms with E-state index in [2.05, 4.69) is 24.1 Å². The van der Waals surface area contributed by atoms with Gasteiger partial charge in [-0.25, -0.2) is 4.68 Å². The lowest BCUT2D eigenvalue weighted by Crippen LogP contribution is -2.75. The maximum Gasteiger partial charge on any atom is 0.248 e. The van der Waals surface area contributed by atoms with Gasteiger partial charge in [0.15, 0.2) is 0 Å². The lowest BCUT2D eigenvalue weighted by Gasteiger charge is -2.52. The van der Waals surface area contributed by atoms with Gasteiger partial charge in [-0.1, -0.05) is 32.6 Å². The van der Waals surface area contributed by atoms with Gasteiger partial charge in [-0.15, -0.1) is 0 Å². The van der Waals surface area contributed by atoms with Crippen molar-refractivity contribution in [2.45, 2.75) is 103 Å². The highest BCUT2D eigenvalue weighted by atomic mass is 16.5. The molecule has 5 rings (SSSR count). The number of benzene rings is 1. The molecule has 1 aliphatic carbocycles. The molecule has 3 fully saturated rings. The number of piperidine rings is 1. The summed E-state index contributed by atoms with van der Waals surface area (Å²) in [5, 5.41) is 19.0. The summed E-state index contributed by atoms with van der Waals surface area (Å²) in [4.78, 5) is 31.9. The molecule has 224 valence electrons. The summed E-state index contributed by atoms with van der Waals surface area (Å²) >= 11 is 0. The third-order valence-electron chi connectivity index (χ3n) is 9.79. The Bertz CT molecular complexity index is 1210. The summed E-state index contributed by atoms with van der Waals surface area (Å²) in [5.41, 5.74) is 3.43. The second-order valence-electron chi connectivity index (χ2n) is 12.3. The van der Waals surface area contributed by atoms with E-state index in [-0.39, 0.29) is 17.7 Å². The molecule has 0 radical (unpaired) electrons. The highest BCUT2D eigenvalue weighted by Crippen LogP contribution is 2.37. The van der Waals surface area contributed by atoms with Gasteiger partial charge >= 0.3 is 0 Å². The van der Waals surface area contributed by atoms with E-state index in [0.29, 0.717) is 32.5 Å². The monoisotopic (exact) mass is 565 g/mol. The SMILES string of the molecule is CCCCN1C(=O)[C@@H]([C@H](O)C2CCCCC2)NC(=O)C12CCN(Cc1c(C)nn(-c3ccc(OC)cc3)c1C)CC2. The summed E-state index contributed by atoms with van der Waals surface area (Å²) in [6.07, 6.45) is 7.32. The number of aliphatic hydroxyl groups is 1. The number of hydrogen-bond donors (Lipinski definition) is 2. The van der Waals surface area contributed by atoms with E-state index >= 15 is 0 Å². The fourth-order valence-electron chi connectivity index (χ4n) is 7.14. The average Bonchev–Trinajstić information content (AvgIpc) is 3.28. The zero-order valence-electron chi connectivity index (χ0n) is 25.2. The molecule has 0 unspecified atom stereocenters. The number of likely N-dealkylation sites (tertiary alicyclic amines) is 1. The summed E-state index contributed by atoms with van der Waals surface area (Å²) in [6, 6.07) is 7.06. The highest BCUT2D eigenvalue weighted by molar-refractivity contribution is 6.00. The van der Waals surface area contributed by atoms with Gasteiger partial charge in [0.2, 0.25) is 11.8 Å². The van der Waals surface area contributed by atoms with Crippen LogP contribution in [0.15, 0.2) is 24.3 Å². The van der Waals surface area contributed by atoms with Gasteiger partial charge in [-0.2, -0.15) is 5.10 Å². The van der Waals surface area contributed by atoms with Crippen LogP contribution in [-0.2, 0) is 16.1 Å². The van der Waals surface area contributed by atoms with Crippen molar-refractivity contribution in [3.63, 3.8) is 0 Å². The number of ether oxygens (including phenoxy) is 1. The van der Waals surface area contributed by atoms with Crippen LogP contribution in [0.3, 0.4) is 0 Å². The Morgan fingerprint density at radius 1 is 1.10 bits per heavy atom. The number of nitrogens with one attached hydrogen (secondary N) is 1. The number of aromatic nitrogens is 2. The third kappa shape index (κ3) is 5.75. The van der Waals surface area contributed by atoms with E-state index in [9.17, 15) is 14.7 Å². The van der Waals surface area contributed by atoms with E-state index < -0.39 is 17.7 Å². The van der Waals surface area contributed by atoms with E-state index in [1.165, 1.54) is 12.0 Å². The molecule has 9 nitrogen and oxygen atoms in total. The van der Waals surface area contributed by atoms with Gasteiger partial charge in [0.05, 0.1) is 24.6 Å². The van der Waals surface area contributed by atoms with Crippen molar-refractivity contribution in [2.75, 3.05) is 26.7 Å². The number of piperazine rings is 1. The molecule has 3 heterocycles. The number of carbonyl (C=O) groups is 2. The van der Waals surface area contributed by atoms with E-state index in [4.69, 9.17) is 9.84 Å². The fraction of sp³-hybridized carbons (Fsp3) is 0.656. The van der Waals surface area contributed by atoms with Gasteiger partial charge in [-0.3, -0.25) is 14.5 Å². The maximum absolute atomic E-state index is 13.9. The average molecular weight is 566 g/mol. The number of carbonyl (C=O) groups excluding carboxylic acids is 2. The number of aliphatic hydroxyl groups excluding tert-OH is 1. The molecule has 2 aliphatic heterocycles. The van der Waals surface area contributed by atoms with Crippen molar-refractivity contribution >= 4 is 11.8 Å². The third-order valence-corrected chi connectivity index (χ3v) is 9.79. The molecule has 41 heavy (non-hydrogen) atoms. The lowest BCUT2D eigenvalue weighted by atomic mass is 9.78. The van der Waals surface area contributed by atoms with Gasteiger partial charge < -0.3 is 20.1 Å². The Kier molecular flexibility index (Phi) is 9.04. The van der Waals surface area contributed by atoms with E-state index in [1.54, 1.807) is 7.11 Å². The summed E-state index contributed by atoms with van der Waals surface area (Å²) in [6.45, 7) is 8.99. The quantitative estimate of drug-likeness (QED) is 0.479. The van der Waals surface area contributed by atoms with E-state index in [1.807, 2.05) is 40.8 Å². The van der Waals surface area contributed by atoms with Crippen molar-refractivity contribution in [2.24, 2.45) is 5.92 Å². The minimum atomic E-state index is -0.844. The van der Waals surface area contributed by atoms with Crippen LogP contribution in [0, 0.1) is 19.8 Å². The molecule has 1 aromatic carbocycles. The molecule has 1 saturated carbocycles. The van der Waals surface area contributed by atoms with Crippen LogP contribution < -0.4 is 10.1 Å². The zero-order valence-corrected chi connectivity index (χ0v) is 25.2. The Morgan fingerprint density at radius 3 is 2.41 bits per heavy atom. The first-order valence-electron chi connectivity index (χ1n) is 15.5. The molecular formula is C32H47N5O4. The van der Waals surface area contributed by atoms with Crippen molar-refractivity contribution in [1.29, 1.82) is 0 Å². The van der Waals surface area contributed by atoms with Crippen molar-refractivity contribution < 1.29 is 19.4 Å². The number of rotatable bonds is 9. The van der Waals surface area contributed by atoms with Crippen LogP contribution in [0.4, 0.5) is 0 Å². The standard InChI is InChI=1S/C32H47N5O4/c1-5-6-18-36-30(39)28(29(38)24-10-8-7-9-11-24)33-31(40)32(36)16-19-35(20-17-32)21-27-22(2)34-37(23(27)3)25-12-14-26(41-4)15-13-25/h12-15,24,28-29,38H,5-11,16-21H2,1-4H3,(H,33,40)/t28-,29-/m1/s1. The minimum Gasteiger partial charge on any atom is -0.497 e. The second kappa shape index (κ2) is 12.5. The number of methoxy groups -OCH3 is 1. The predicted molar refractivity (Wildman–Crippen MR) is 158 cm³/mol. The molecule has 9 heteroatoms. The van der Waals surface area contributed by atoms with Crippen LogP contribution in [-0.4, -0.2) is 80.9 Å². The first-order valence-corrected chi connectivity index (χ1v) is 15.5. The summed E-state index contributed by atoms with van der Waals surface area (Å²) in [7, 11) is 1.66. The molecule has 0 bridgehead atoms. The number of unbranched alkanes of at least 4 members (excludes halogenated alkanes) is 1. The molecule has 3 aliphatic rings. The van der Waals surface area contributed by atoms with Crippen molar-refractivity contribution in [1.82, 2.24) is 24.9 Å². The summed E-state index contributed by atoms with van der Waals surface area (Å²) < 4.78 is 7.28. The zero-order chi connectivity index (χ0) is 29.1. The Balaban J connectivity index is 1.29. The maximum atomic E-state index is 13.9. The molecule has 2 saturated heterocycles. The topological polar surface area (TPSA) is 99.9 Å². The van der Waals surface area contributed by atoms with Crippen LogP contribution in [0.1, 0.15) is 81.7 Å². The number of amides is 2. The predicted octanol–water partition coefficient (Wildman–Crippen LogP) is 3.90. The Labute approximate surface area is 244 Å². The van der Waals surface area contributed by atoms with Crippen LogP contribution >= 0.6 is 0 Å². The Morgan fingerprint density at radius 2 is 1.78 bits per heavy atom. The lowest BCUT2D eigenvalue weighted by molar-refractivity contribution is -0.166. The second-order valence-corrected chi connectivity index (χ2v) is 12.3. The highest BCUT2D eigenvalue weighted by Gasteiger charge is 2.55. The van der Waals surface area contributed by atoms with Gasteiger partial charge in [0.25, 0.3) is 0 Å². The van der Waals surface area contributed by atoms with Gasteiger partial charge in [0, 0.05) is 37.4 Å².